The highest BCUT2D eigenvalue weighted by atomic mass is 16.5. The van der Waals surface area contributed by atoms with Gasteiger partial charge in [-0.15, -0.1) is 0 Å². The van der Waals surface area contributed by atoms with Crippen LogP contribution in [0.3, 0.4) is 0 Å². The quantitative estimate of drug-likeness (QED) is 0.489. The van der Waals surface area contributed by atoms with Gasteiger partial charge in [-0.2, -0.15) is 0 Å². The Balaban J connectivity index is 4.35. The summed E-state index contributed by atoms with van der Waals surface area (Å²) in [7, 11) is 1.22. The van der Waals surface area contributed by atoms with Crippen molar-refractivity contribution in [2.45, 2.75) is 13.8 Å². The van der Waals surface area contributed by atoms with Crippen molar-refractivity contribution < 1.29 is 23.9 Å². The molecule has 6 nitrogen and oxygen atoms in total. The summed E-state index contributed by atoms with van der Waals surface area (Å²) in [6.07, 6.45) is 2.07. The maximum Gasteiger partial charge on any atom is 0.330 e. The van der Waals surface area contributed by atoms with Crippen LogP contribution in [-0.2, 0) is 23.9 Å². The normalized spacial score (nSPS) is 10.1. The van der Waals surface area contributed by atoms with E-state index in [2.05, 4.69) is 4.74 Å². The SMILES string of the molecule is CCOC(=O)CN(CC)C(=O)/C=C/C(=O)OC. The minimum absolute atomic E-state index is 0.130. The highest BCUT2D eigenvalue weighted by molar-refractivity contribution is 5.95. The fourth-order valence-corrected chi connectivity index (χ4v) is 1.02. The molecule has 0 atom stereocenters. The van der Waals surface area contributed by atoms with Crippen LogP contribution in [0.2, 0.25) is 0 Å². The van der Waals surface area contributed by atoms with Gasteiger partial charge in [0.25, 0.3) is 0 Å². The molecule has 0 saturated heterocycles. The zero-order valence-corrected chi connectivity index (χ0v) is 10.3. The molecule has 0 aromatic carbocycles. The number of methoxy groups -OCH3 is 1. The first-order chi connectivity index (χ1) is 8.04. The van der Waals surface area contributed by atoms with Gasteiger partial charge in [0.2, 0.25) is 5.91 Å². The number of carbonyl (C=O) groups excluding carboxylic acids is 3. The molecule has 0 aliphatic heterocycles. The van der Waals surface area contributed by atoms with Crippen molar-refractivity contribution in [3.8, 4) is 0 Å². The molecule has 0 fully saturated rings. The van der Waals surface area contributed by atoms with Crippen molar-refractivity contribution in [3.05, 3.63) is 12.2 Å². The Hall–Kier alpha value is -1.85. The molecule has 0 bridgehead atoms. The summed E-state index contributed by atoms with van der Waals surface area (Å²) in [5.41, 5.74) is 0. The molecule has 0 aliphatic carbocycles. The van der Waals surface area contributed by atoms with Crippen molar-refractivity contribution in [1.82, 2.24) is 4.90 Å². The molecule has 0 radical (unpaired) electrons. The fourth-order valence-electron chi connectivity index (χ4n) is 1.02. The van der Waals surface area contributed by atoms with Gasteiger partial charge < -0.3 is 14.4 Å². The van der Waals surface area contributed by atoms with Gasteiger partial charge in [-0.1, -0.05) is 0 Å². The first-order valence-electron chi connectivity index (χ1n) is 5.25. The van der Waals surface area contributed by atoms with E-state index in [9.17, 15) is 14.4 Å². The number of esters is 2. The predicted molar refractivity (Wildman–Crippen MR) is 60.0 cm³/mol. The average molecular weight is 243 g/mol. The van der Waals surface area contributed by atoms with Gasteiger partial charge in [0.15, 0.2) is 0 Å². The summed E-state index contributed by atoms with van der Waals surface area (Å²) in [6, 6.07) is 0. The summed E-state index contributed by atoms with van der Waals surface area (Å²) in [6.45, 7) is 3.90. The van der Waals surface area contributed by atoms with Crippen LogP contribution in [-0.4, -0.2) is 49.6 Å². The van der Waals surface area contributed by atoms with Crippen molar-refractivity contribution >= 4 is 17.8 Å². The third-order valence-corrected chi connectivity index (χ3v) is 1.88. The smallest absolute Gasteiger partial charge is 0.330 e. The molecule has 0 aliphatic rings. The summed E-state index contributed by atoms with van der Waals surface area (Å²) < 4.78 is 9.07. The van der Waals surface area contributed by atoms with Crippen molar-refractivity contribution in [3.63, 3.8) is 0 Å². The number of ether oxygens (including phenoxy) is 2. The minimum atomic E-state index is -0.620. The van der Waals surface area contributed by atoms with Crippen LogP contribution < -0.4 is 0 Å². The number of rotatable bonds is 6. The van der Waals surface area contributed by atoms with Crippen LogP contribution in [0.5, 0.6) is 0 Å². The van der Waals surface area contributed by atoms with Crippen molar-refractivity contribution in [2.24, 2.45) is 0 Å². The molecule has 6 heteroatoms. The Bertz CT molecular complexity index is 311. The van der Waals surface area contributed by atoms with Gasteiger partial charge in [0.1, 0.15) is 6.54 Å². The second-order valence-corrected chi connectivity index (χ2v) is 3.01. The lowest BCUT2D eigenvalue weighted by atomic mass is 10.4. The Morgan fingerprint density at radius 2 is 1.82 bits per heavy atom. The van der Waals surface area contributed by atoms with E-state index in [0.29, 0.717) is 6.54 Å². The zero-order valence-electron chi connectivity index (χ0n) is 10.3. The molecule has 0 heterocycles. The minimum Gasteiger partial charge on any atom is -0.466 e. The Morgan fingerprint density at radius 3 is 2.29 bits per heavy atom. The van der Waals surface area contributed by atoms with E-state index < -0.39 is 17.8 Å². The van der Waals surface area contributed by atoms with Gasteiger partial charge in [-0.05, 0) is 13.8 Å². The van der Waals surface area contributed by atoms with E-state index in [-0.39, 0.29) is 13.2 Å². The highest BCUT2D eigenvalue weighted by Crippen LogP contribution is 1.94. The molecule has 96 valence electrons. The number of carbonyl (C=O) groups is 3. The molecular formula is C11H17NO5. The van der Waals surface area contributed by atoms with Crippen molar-refractivity contribution in [2.75, 3.05) is 26.8 Å². The number of nitrogens with zero attached hydrogens (tertiary/aromatic N) is 1. The van der Waals surface area contributed by atoms with Gasteiger partial charge in [0, 0.05) is 18.7 Å². The van der Waals surface area contributed by atoms with Gasteiger partial charge >= 0.3 is 11.9 Å². The van der Waals surface area contributed by atoms with Crippen molar-refractivity contribution in [1.29, 1.82) is 0 Å². The second kappa shape index (κ2) is 8.32. The lowest BCUT2D eigenvalue weighted by Crippen LogP contribution is -2.35. The van der Waals surface area contributed by atoms with Crippen LogP contribution in [0, 0.1) is 0 Å². The molecular weight excluding hydrogens is 226 g/mol. The second-order valence-electron chi connectivity index (χ2n) is 3.01. The van der Waals surface area contributed by atoms with E-state index in [0.717, 1.165) is 12.2 Å². The van der Waals surface area contributed by atoms with Crippen LogP contribution in [0.1, 0.15) is 13.8 Å². The Kier molecular flexibility index (Phi) is 7.41. The molecule has 0 spiro atoms. The summed E-state index contributed by atoms with van der Waals surface area (Å²) >= 11 is 0. The third kappa shape index (κ3) is 6.34. The number of likely N-dealkylation sites (N-methyl/N-ethyl adjacent to an activating group) is 1. The van der Waals surface area contributed by atoms with E-state index >= 15 is 0 Å². The van der Waals surface area contributed by atoms with Gasteiger partial charge in [0.05, 0.1) is 13.7 Å². The van der Waals surface area contributed by atoms with E-state index in [4.69, 9.17) is 4.74 Å². The summed E-state index contributed by atoms with van der Waals surface area (Å²) in [4.78, 5) is 34.8. The van der Waals surface area contributed by atoms with Crippen LogP contribution in [0.4, 0.5) is 0 Å². The predicted octanol–water partition coefficient (Wildman–Crippen LogP) is 0.127. The molecule has 0 aromatic rings. The van der Waals surface area contributed by atoms with Gasteiger partial charge in [-0.25, -0.2) is 4.79 Å². The number of amides is 1. The monoisotopic (exact) mass is 243 g/mol. The Morgan fingerprint density at radius 1 is 1.18 bits per heavy atom. The number of hydrogen-bond donors (Lipinski definition) is 0. The van der Waals surface area contributed by atoms with Gasteiger partial charge in [-0.3, -0.25) is 9.59 Å². The highest BCUT2D eigenvalue weighted by Gasteiger charge is 2.13. The third-order valence-electron chi connectivity index (χ3n) is 1.88. The average Bonchev–Trinajstić information content (AvgIpc) is 2.32. The fraction of sp³-hybridized carbons (Fsp3) is 0.545. The maximum absolute atomic E-state index is 11.6. The lowest BCUT2D eigenvalue weighted by Gasteiger charge is -2.17. The molecule has 0 saturated carbocycles. The molecule has 0 aromatic heterocycles. The zero-order chi connectivity index (χ0) is 13.3. The summed E-state index contributed by atoms with van der Waals surface area (Å²) in [5, 5.41) is 0. The molecule has 0 rings (SSSR count). The first-order valence-corrected chi connectivity index (χ1v) is 5.25. The summed E-state index contributed by atoms with van der Waals surface area (Å²) in [5.74, 6) is -1.54. The van der Waals surface area contributed by atoms with E-state index in [1.165, 1.54) is 12.0 Å². The molecule has 0 unspecified atom stereocenters. The van der Waals surface area contributed by atoms with Crippen LogP contribution >= 0.6 is 0 Å². The topological polar surface area (TPSA) is 72.9 Å². The van der Waals surface area contributed by atoms with E-state index in [1.807, 2.05) is 0 Å². The maximum atomic E-state index is 11.6. The first kappa shape index (κ1) is 15.2. The lowest BCUT2D eigenvalue weighted by molar-refractivity contribution is -0.147. The molecule has 17 heavy (non-hydrogen) atoms. The standard InChI is InChI=1S/C11H17NO5/c1-4-12(8-11(15)17-5-2)9(13)6-7-10(14)16-3/h6-7H,4-5,8H2,1-3H3/b7-6+. The molecule has 1 amide bonds. The van der Waals surface area contributed by atoms with E-state index in [1.54, 1.807) is 13.8 Å². The molecule has 0 N–H and O–H groups in total. The number of hydrogen-bond acceptors (Lipinski definition) is 5. The Labute approximate surface area is 100 Å². The van der Waals surface area contributed by atoms with Crippen LogP contribution in [0.25, 0.3) is 0 Å². The largest absolute Gasteiger partial charge is 0.466 e. The van der Waals surface area contributed by atoms with Crippen LogP contribution in [0.15, 0.2) is 12.2 Å².